The Bertz CT molecular complexity index is 402. The first kappa shape index (κ1) is 13.6. The van der Waals surface area contributed by atoms with Gasteiger partial charge in [0, 0.05) is 6.61 Å². The quantitative estimate of drug-likeness (QED) is 0.880. The molecule has 1 aromatic carbocycles. The van der Waals surface area contributed by atoms with E-state index < -0.39 is 0 Å². The highest BCUT2D eigenvalue weighted by Crippen LogP contribution is 2.32. The van der Waals surface area contributed by atoms with E-state index in [1.54, 1.807) is 0 Å². The number of nitrogens with one attached hydrogen (secondary N) is 1. The number of benzene rings is 1. The molecule has 1 aliphatic rings. The van der Waals surface area contributed by atoms with Crippen LogP contribution in [0.25, 0.3) is 0 Å². The van der Waals surface area contributed by atoms with Gasteiger partial charge in [0.2, 0.25) is 0 Å². The number of aryl methyl sites for hydroxylation is 2. The molecule has 3 atom stereocenters. The first-order valence-corrected chi connectivity index (χ1v) is 7.05. The predicted octanol–water partition coefficient (Wildman–Crippen LogP) is 3.38. The molecule has 1 N–H and O–H groups in total. The van der Waals surface area contributed by atoms with E-state index >= 15 is 0 Å². The molecule has 0 amide bonds. The van der Waals surface area contributed by atoms with E-state index in [2.05, 4.69) is 51.2 Å². The maximum absolute atomic E-state index is 5.96. The normalized spacial score (nSPS) is 25.3. The van der Waals surface area contributed by atoms with Gasteiger partial charge in [-0.3, -0.25) is 0 Å². The molecular formula is C16H25NO. The van der Waals surface area contributed by atoms with Gasteiger partial charge in [-0.15, -0.1) is 0 Å². The summed E-state index contributed by atoms with van der Waals surface area (Å²) in [6, 6.07) is 7.05. The Morgan fingerprint density at radius 2 is 2.17 bits per heavy atom. The molecule has 0 saturated carbocycles. The molecule has 3 unspecified atom stereocenters. The van der Waals surface area contributed by atoms with Crippen molar-refractivity contribution in [2.75, 3.05) is 13.2 Å². The summed E-state index contributed by atoms with van der Waals surface area (Å²) < 4.78 is 5.96. The Kier molecular flexibility index (Phi) is 4.41. The molecule has 1 heterocycles. The number of likely N-dealkylation sites (N-methyl/N-ethyl adjacent to an activating group) is 1. The van der Waals surface area contributed by atoms with Crippen molar-refractivity contribution in [2.45, 2.75) is 46.3 Å². The highest BCUT2D eigenvalue weighted by atomic mass is 16.5. The van der Waals surface area contributed by atoms with Crippen LogP contribution in [0.1, 0.15) is 43.0 Å². The highest BCUT2D eigenvalue weighted by Gasteiger charge is 2.33. The molecule has 0 spiro atoms. The minimum absolute atomic E-state index is 0.311. The first-order chi connectivity index (χ1) is 8.63. The summed E-state index contributed by atoms with van der Waals surface area (Å²) in [6.07, 6.45) is 1.49. The molecule has 0 bridgehead atoms. The summed E-state index contributed by atoms with van der Waals surface area (Å²) in [5, 5.41) is 3.61. The van der Waals surface area contributed by atoms with Crippen LogP contribution in [-0.4, -0.2) is 19.3 Å². The van der Waals surface area contributed by atoms with Crippen LogP contribution in [0.15, 0.2) is 18.2 Å². The fourth-order valence-corrected chi connectivity index (χ4v) is 2.94. The summed E-state index contributed by atoms with van der Waals surface area (Å²) >= 11 is 0. The van der Waals surface area contributed by atoms with Gasteiger partial charge in [-0.25, -0.2) is 0 Å². The van der Waals surface area contributed by atoms with Crippen molar-refractivity contribution < 1.29 is 4.74 Å². The van der Waals surface area contributed by atoms with Gasteiger partial charge in [0.25, 0.3) is 0 Å². The van der Waals surface area contributed by atoms with Crippen LogP contribution in [0.2, 0.25) is 0 Å². The Labute approximate surface area is 111 Å². The molecule has 1 aromatic rings. The summed E-state index contributed by atoms with van der Waals surface area (Å²) in [7, 11) is 0. The number of ether oxygens (including phenoxy) is 1. The maximum Gasteiger partial charge on any atom is 0.0796 e. The van der Waals surface area contributed by atoms with E-state index in [0.717, 1.165) is 13.2 Å². The van der Waals surface area contributed by atoms with E-state index in [4.69, 9.17) is 4.74 Å². The average molecular weight is 247 g/mol. The van der Waals surface area contributed by atoms with E-state index in [1.807, 2.05) is 0 Å². The van der Waals surface area contributed by atoms with E-state index in [0.29, 0.717) is 18.1 Å². The Morgan fingerprint density at radius 3 is 2.72 bits per heavy atom. The van der Waals surface area contributed by atoms with Crippen molar-refractivity contribution in [1.82, 2.24) is 5.32 Å². The largest absolute Gasteiger partial charge is 0.376 e. The monoisotopic (exact) mass is 247 g/mol. The zero-order valence-electron chi connectivity index (χ0n) is 12.0. The molecule has 18 heavy (non-hydrogen) atoms. The van der Waals surface area contributed by atoms with Crippen LogP contribution >= 0.6 is 0 Å². The van der Waals surface area contributed by atoms with Gasteiger partial charge in [-0.05, 0) is 43.9 Å². The van der Waals surface area contributed by atoms with Crippen LogP contribution in [-0.2, 0) is 4.74 Å². The topological polar surface area (TPSA) is 21.3 Å². The second kappa shape index (κ2) is 5.85. The third kappa shape index (κ3) is 2.76. The molecule has 100 valence electrons. The van der Waals surface area contributed by atoms with Gasteiger partial charge in [0.1, 0.15) is 0 Å². The number of hydrogen-bond acceptors (Lipinski definition) is 2. The Hall–Kier alpha value is -0.860. The minimum Gasteiger partial charge on any atom is -0.376 e. The van der Waals surface area contributed by atoms with Crippen molar-refractivity contribution in [2.24, 2.45) is 5.92 Å². The van der Waals surface area contributed by atoms with Gasteiger partial charge in [0.05, 0.1) is 12.1 Å². The fraction of sp³-hybridized carbons (Fsp3) is 0.625. The van der Waals surface area contributed by atoms with Gasteiger partial charge in [-0.1, -0.05) is 37.6 Å². The van der Waals surface area contributed by atoms with Crippen molar-refractivity contribution in [3.8, 4) is 0 Å². The summed E-state index contributed by atoms with van der Waals surface area (Å²) in [5.74, 6) is 0.634. The highest BCUT2D eigenvalue weighted by molar-refractivity contribution is 5.33. The van der Waals surface area contributed by atoms with Crippen molar-refractivity contribution in [3.63, 3.8) is 0 Å². The first-order valence-electron chi connectivity index (χ1n) is 7.05. The Morgan fingerprint density at radius 1 is 1.39 bits per heavy atom. The third-order valence-electron chi connectivity index (χ3n) is 3.96. The molecule has 0 aromatic heterocycles. The SMILES string of the molecule is CCNC(c1ccc(C)cc1C)C1OCCC1C. The molecule has 1 fully saturated rings. The second-order valence-corrected chi connectivity index (χ2v) is 5.50. The van der Waals surface area contributed by atoms with Gasteiger partial charge >= 0.3 is 0 Å². The fourth-order valence-electron chi connectivity index (χ4n) is 2.94. The number of hydrogen-bond donors (Lipinski definition) is 1. The molecule has 1 aliphatic heterocycles. The summed E-state index contributed by atoms with van der Waals surface area (Å²) in [4.78, 5) is 0. The van der Waals surface area contributed by atoms with Gasteiger partial charge < -0.3 is 10.1 Å². The lowest BCUT2D eigenvalue weighted by atomic mass is 9.89. The smallest absolute Gasteiger partial charge is 0.0796 e. The number of rotatable bonds is 4. The van der Waals surface area contributed by atoms with Crippen molar-refractivity contribution in [1.29, 1.82) is 0 Å². The lowest BCUT2D eigenvalue weighted by Crippen LogP contribution is -2.35. The molecular weight excluding hydrogens is 222 g/mol. The molecule has 2 rings (SSSR count). The maximum atomic E-state index is 5.96. The van der Waals surface area contributed by atoms with E-state index in [-0.39, 0.29) is 0 Å². The van der Waals surface area contributed by atoms with Gasteiger partial charge in [-0.2, -0.15) is 0 Å². The molecule has 2 heteroatoms. The average Bonchev–Trinajstić information content (AvgIpc) is 2.73. The van der Waals surface area contributed by atoms with Crippen LogP contribution in [0, 0.1) is 19.8 Å². The van der Waals surface area contributed by atoms with Gasteiger partial charge in [0.15, 0.2) is 0 Å². The molecule has 0 radical (unpaired) electrons. The molecule has 1 saturated heterocycles. The van der Waals surface area contributed by atoms with E-state index in [1.165, 1.54) is 23.1 Å². The van der Waals surface area contributed by atoms with Crippen LogP contribution in [0.5, 0.6) is 0 Å². The Balaban J connectivity index is 2.28. The molecule has 2 nitrogen and oxygen atoms in total. The lowest BCUT2D eigenvalue weighted by Gasteiger charge is -2.28. The van der Waals surface area contributed by atoms with Crippen molar-refractivity contribution in [3.05, 3.63) is 34.9 Å². The minimum atomic E-state index is 0.311. The lowest BCUT2D eigenvalue weighted by molar-refractivity contribution is 0.0610. The summed E-state index contributed by atoms with van der Waals surface area (Å²) in [5.41, 5.74) is 4.08. The third-order valence-corrected chi connectivity index (χ3v) is 3.96. The van der Waals surface area contributed by atoms with Crippen molar-refractivity contribution >= 4 is 0 Å². The standard InChI is InChI=1S/C16H25NO/c1-5-17-15(16-12(3)8-9-18-16)14-7-6-11(2)10-13(14)4/h6-7,10,12,15-17H,5,8-9H2,1-4H3. The second-order valence-electron chi connectivity index (χ2n) is 5.50. The summed E-state index contributed by atoms with van der Waals surface area (Å²) in [6.45, 7) is 10.7. The van der Waals surface area contributed by atoms with Crippen LogP contribution < -0.4 is 5.32 Å². The van der Waals surface area contributed by atoms with Crippen LogP contribution in [0.3, 0.4) is 0 Å². The zero-order chi connectivity index (χ0) is 13.1. The predicted molar refractivity (Wildman–Crippen MR) is 75.9 cm³/mol. The molecule has 0 aliphatic carbocycles. The zero-order valence-corrected chi connectivity index (χ0v) is 12.0. The van der Waals surface area contributed by atoms with Crippen LogP contribution in [0.4, 0.5) is 0 Å². The van der Waals surface area contributed by atoms with E-state index in [9.17, 15) is 0 Å².